The van der Waals surface area contributed by atoms with Crippen molar-refractivity contribution >= 4 is 34.3 Å². The molecule has 1 unspecified atom stereocenters. The van der Waals surface area contributed by atoms with Gasteiger partial charge in [0.15, 0.2) is 11.5 Å². The van der Waals surface area contributed by atoms with Crippen LogP contribution in [0.3, 0.4) is 0 Å². The average molecular weight is 353 g/mol. The fourth-order valence-electron chi connectivity index (χ4n) is 3.14. The molecule has 1 saturated heterocycles. The molecule has 7 heteroatoms. The molecule has 2 heterocycles. The molecule has 0 radical (unpaired) electrons. The van der Waals surface area contributed by atoms with Gasteiger partial charge >= 0.3 is 0 Å². The number of hydrogen-bond acceptors (Lipinski definition) is 4. The van der Waals surface area contributed by atoms with Crippen LogP contribution in [0.4, 0.5) is 15.8 Å². The summed E-state index contributed by atoms with van der Waals surface area (Å²) in [6.07, 6.45) is 0.108. The highest BCUT2D eigenvalue weighted by Gasteiger charge is 2.35. The Hall–Kier alpha value is -3.22. The molecule has 26 heavy (non-hydrogen) atoms. The van der Waals surface area contributed by atoms with E-state index in [1.807, 2.05) is 0 Å². The zero-order valence-corrected chi connectivity index (χ0v) is 14.0. The summed E-state index contributed by atoms with van der Waals surface area (Å²) in [5.41, 5.74) is 2.37. The fraction of sp³-hybridized carbons (Fsp3) is 0.211. The number of benzene rings is 2. The second-order valence-electron chi connectivity index (χ2n) is 6.29. The standard InChI is InChI=1S/C19H16FN3O3/c1-11-21-16-9-15(5-6-17(16)26-11)23-10-12(7-18(23)24)19(25)22-14-4-2-3-13(20)8-14/h2-6,8-9,12H,7,10H2,1H3,(H,22,25). The van der Waals surface area contributed by atoms with Gasteiger partial charge in [0.25, 0.3) is 0 Å². The molecule has 2 amide bonds. The number of carbonyl (C=O) groups is 2. The Morgan fingerprint density at radius 2 is 2.15 bits per heavy atom. The number of aromatic nitrogens is 1. The molecule has 3 aromatic rings. The third-order valence-electron chi connectivity index (χ3n) is 4.38. The van der Waals surface area contributed by atoms with Gasteiger partial charge in [-0.15, -0.1) is 0 Å². The molecule has 1 aromatic heterocycles. The Morgan fingerprint density at radius 1 is 1.31 bits per heavy atom. The van der Waals surface area contributed by atoms with Crippen LogP contribution < -0.4 is 10.2 Å². The van der Waals surface area contributed by atoms with Crippen LogP contribution in [0.1, 0.15) is 12.3 Å². The van der Waals surface area contributed by atoms with E-state index >= 15 is 0 Å². The third-order valence-corrected chi connectivity index (χ3v) is 4.38. The van der Waals surface area contributed by atoms with Crippen molar-refractivity contribution in [3.63, 3.8) is 0 Å². The van der Waals surface area contributed by atoms with E-state index in [1.54, 1.807) is 36.1 Å². The average Bonchev–Trinajstić information content (AvgIpc) is 3.16. The maximum atomic E-state index is 13.2. The molecule has 0 spiro atoms. The first-order valence-corrected chi connectivity index (χ1v) is 8.23. The lowest BCUT2D eigenvalue weighted by molar-refractivity contribution is -0.122. The van der Waals surface area contributed by atoms with Gasteiger partial charge in [0.1, 0.15) is 11.3 Å². The van der Waals surface area contributed by atoms with Gasteiger partial charge in [0.2, 0.25) is 11.8 Å². The SMILES string of the molecule is Cc1nc2cc(N3CC(C(=O)Nc4cccc(F)c4)CC3=O)ccc2o1. The lowest BCUT2D eigenvalue weighted by atomic mass is 10.1. The van der Waals surface area contributed by atoms with Crippen molar-refractivity contribution in [3.05, 3.63) is 54.2 Å². The second kappa shape index (κ2) is 6.25. The number of rotatable bonds is 3. The molecule has 1 fully saturated rings. The quantitative estimate of drug-likeness (QED) is 0.784. The van der Waals surface area contributed by atoms with E-state index in [4.69, 9.17) is 4.42 Å². The van der Waals surface area contributed by atoms with Gasteiger partial charge < -0.3 is 14.6 Å². The van der Waals surface area contributed by atoms with Gasteiger partial charge in [-0.3, -0.25) is 9.59 Å². The monoisotopic (exact) mass is 353 g/mol. The highest BCUT2D eigenvalue weighted by molar-refractivity contribution is 6.04. The van der Waals surface area contributed by atoms with Gasteiger partial charge in [-0.25, -0.2) is 9.37 Å². The van der Waals surface area contributed by atoms with E-state index in [0.717, 1.165) is 0 Å². The molecule has 0 aliphatic carbocycles. The number of carbonyl (C=O) groups excluding carboxylic acids is 2. The van der Waals surface area contributed by atoms with Gasteiger partial charge in [-0.1, -0.05) is 6.07 Å². The Kier molecular flexibility index (Phi) is 3.91. The van der Waals surface area contributed by atoms with Crippen molar-refractivity contribution in [1.29, 1.82) is 0 Å². The largest absolute Gasteiger partial charge is 0.441 e. The predicted octanol–water partition coefficient (Wildman–Crippen LogP) is 3.27. The minimum absolute atomic E-state index is 0.108. The summed E-state index contributed by atoms with van der Waals surface area (Å²) in [6, 6.07) is 11.0. The molecule has 2 aromatic carbocycles. The van der Waals surface area contributed by atoms with Gasteiger partial charge in [0.05, 0.1) is 5.92 Å². The van der Waals surface area contributed by atoms with E-state index in [9.17, 15) is 14.0 Å². The topological polar surface area (TPSA) is 75.4 Å². The Bertz CT molecular complexity index is 1010. The smallest absolute Gasteiger partial charge is 0.229 e. The van der Waals surface area contributed by atoms with Crippen molar-refractivity contribution in [2.45, 2.75) is 13.3 Å². The fourth-order valence-corrected chi connectivity index (χ4v) is 3.14. The van der Waals surface area contributed by atoms with Gasteiger partial charge in [-0.05, 0) is 36.4 Å². The number of nitrogens with zero attached hydrogens (tertiary/aromatic N) is 2. The van der Waals surface area contributed by atoms with Gasteiger partial charge in [0, 0.05) is 31.3 Å². The first-order valence-electron chi connectivity index (χ1n) is 8.23. The highest BCUT2D eigenvalue weighted by atomic mass is 19.1. The Labute approximate surface area is 148 Å². The summed E-state index contributed by atoms with van der Waals surface area (Å²) < 4.78 is 18.7. The molecule has 1 N–H and O–H groups in total. The first-order chi connectivity index (χ1) is 12.5. The number of hydrogen-bond donors (Lipinski definition) is 1. The number of nitrogens with one attached hydrogen (secondary N) is 1. The summed E-state index contributed by atoms with van der Waals surface area (Å²) >= 11 is 0. The summed E-state index contributed by atoms with van der Waals surface area (Å²) in [7, 11) is 0. The lowest BCUT2D eigenvalue weighted by Gasteiger charge is -2.16. The number of aryl methyl sites for hydroxylation is 1. The summed E-state index contributed by atoms with van der Waals surface area (Å²) in [6.45, 7) is 2.02. The highest BCUT2D eigenvalue weighted by Crippen LogP contribution is 2.29. The van der Waals surface area contributed by atoms with Crippen molar-refractivity contribution in [3.8, 4) is 0 Å². The predicted molar refractivity (Wildman–Crippen MR) is 94.2 cm³/mol. The molecule has 1 aliphatic heterocycles. The molecular formula is C19H16FN3O3. The van der Waals surface area contributed by atoms with Crippen molar-refractivity contribution < 1.29 is 18.4 Å². The molecule has 1 atom stereocenters. The number of halogens is 1. The van der Waals surface area contributed by atoms with Crippen LogP contribution in [0, 0.1) is 18.7 Å². The molecule has 132 valence electrons. The molecule has 0 saturated carbocycles. The molecule has 1 aliphatic rings. The van der Waals surface area contributed by atoms with Crippen molar-refractivity contribution in [2.75, 3.05) is 16.8 Å². The summed E-state index contributed by atoms with van der Waals surface area (Å²) in [4.78, 5) is 30.6. The number of anilines is 2. The lowest BCUT2D eigenvalue weighted by Crippen LogP contribution is -2.28. The molecule has 4 rings (SSSR count). The first kappa shape index (κ1) is 16.3. The summed E-state index contributed by atoms with van der Waals surface area (Å²) in [5.74, 6) is -0.811. The summed E-state index contributed by atoms with van der Waals surface area (Å²) in [5, 5.41) is 2.67. The van der Waals surface area contributed by atoms with Crippen molar-refractivity contribution in [1.82, 2.24) is 4.98 Å². The van der Waals surface area contributed by atoms with E-state index in [0.29, 0.717) is 28.4 Å². The third kappa shape index (κ3) is 3.03. The van der Waals surface area contributed by atoms with Crippen LogP contribution >= 0.6 is 0 Å². The maximum absolute atomic E-state index is 13.2. The zero-order valence-electron chi connectivity index (χ0n) is 14.0. The zero-order chi connectivity index (χ0) is 18.3. The van der Waals surface area contributed by atoms with Crippen LogP contribution in [0.2, 0.25) is 0 Å². The second-order valence-corrected chi connectivity index (χ2v) is 6.29. The van der Waals surface area contributed by atoms with E-state index in [1.165, 1.54) is 18.2 Å². The molecular weight excluding hydrogens is 337 g/mol. The van der Waals surface area contributed by atoms with Crippen LogP contribution in [0.15, 0.2) is 46.9 Å². The minimum Gasteiger partial charge on any atom is -0.441 e. The number of fused-ring (bicyclic) bond motifs is 1. The molecule has 0 bridgehead atoms. The van der Waals surface area contributed by atoms with E-state index in [2.05, 4.69) is 10.3 Å². The number of amides is 2. The van der Waals surface area contributed by atoms with Crippen LogP contribution in [0.5, 0.6) is 0 Å². The normalized spacial score (nSPS) is 17.1. The van der Waals surface area contributed by atoms with Crippen molar-refractivity contribution in [2.24, 2.45) is 5.92 Å². The van der Waals surface area contributed by atoms with Crippen LogP contribution in [0.25, 0.3) is 11.1 Å². The maximum Gasteiger partial charge on any atom is 0.229 e. The van der Waals surface area contributed by atoms with Crippen LogP contribution in [-0.2, 0) is 9.59 Å². The molecule has 6 nitrogen and oxygen atoms in total. The van der Waals surface area contributed by atoms with E-state index < -0.39 is 11.7 Å². The minimum atomic E-state index is -0.500. The van der Waals surface area contributed by atoms with Crippen LogP contribution in [-0.4, -0.2) is 23.3 Å². The Balaban J connectivity index is 1.51. The Morgan fingerprint density at radius 3 is 2.96 bits per heavy atom. The van der Waals surface area contributed by atoms with Gasteiger partial charge in [-0.2, -0.15) is 0 Å². The van der Waals surface area contributed by atoms with E-state index in [-0.39, 0.29) is 24.8 Å². The number of oxazole rings is 1.